The molecule has 0 aliphatic heterocycles. The van der Waals surface area contributed by atoms with E-state index in [-0.39, 0.29) is 5.41 Å². The molecule has 0 unspecified atom stereocenters. The molecule has 0 aromatic carbocycles. The zero-order valence-corrected chi connectivity index (χ0v) is 12.1. The molecule has 4 aliphatic carbocycles. The van der Waals surface area contributed by atoms with Crippen LogP contribution in [0.25, 0.3) is 0 Å². The van der Waals surface area contributed by atoms with Crippen molar-refractivity contribution < 1.29 is 9.90 Å². The summed E-state index contributed by atoms with van der Waals surface area (Å²) >= 11 is 0. The summed E-state index contributed by atoms with van der Waals surface area (Å²) in [4.78, 5) is 13.3. The molecular weight excluding hydrogens is 238 g/mol. The minimum absolute atomic E-state index is 0.220. The number of carboxylic acids is 1. The summed E-state index contributed by atoms with van der Waals surface area (Å²) < 4.78 is 0. The first kappa shape index (κ1) is 13.2. The van der Waals surface area contributed by atoms with Crippen molar-refractivity contribution in [3.63, 3.8) is 0 Å². The summed E-state index contributed by atoms with van der Waals surface area (Å²) in [7, 11) is 4.08. The van der Waals surface area contributed by atoms with E-state index in [1.165, 1.54) is 50.2 Å². The van der Waals surface area contributed by atoms with Gasteiger partial charge in [0.25, 0.3) is 0 Å². The molecule has 106 valence electrons. The van der Waals surface area contributed by atoms with Crippen LogP contribution in [0.4, 0.5) is 0 Å². The molecule has 0 aromatic rings. The van der Waals surface area contributed by atoms with Gasteiger partial charge >= 0.3 is 5.97 Å². The molecule has 4 rings (SSSR count). The highest BCUT2D eigenvalue weighted by Crippen LogP contribution is 2.62. The van der Waals surface area contributed by atoms with Gasteiger partial charge in [-0.05, 0) is 81.4 Å². The molecule has 4 saturated carbocycles. The standard InChI is InChI=1S/C16H25NO2/c1-17(2)10-14(6-15(18)19)16-7-11-3-12(8-16)5-13(4-11)9-16/h6,11-13H,3-5,7-10H2,1-2H3,(H,18,19)/b14-6-. The lowest BCUT2D eigenvalue weighted by Crippen LogP contribution is -2.48. The molecule has 1 N–H and O–H groups in total. The largest absolute Gasteiger partial charge is 0.478 e. The van der Waals surface area contributed by atoms with Crippen molar-refractivity contribution in [1.82, 2.24) is 4.90 Å². The van der Waals surface area contributed by atoms with E-state index < -0.39 is 5.97 Å². The van der Waals surface area contributed by atoms with E-state index in [9.17, 15) is 9.90 Å². The average Bonchev–Trinajstić information content (AvgIpc) is 2.24. The number of carboxylic acid groups (broad SMARTS) is 1. The van der Waals surface area contributed by atoms with Crippen LogP contribution in [-0.2, 0) is 4.79 Å². The van der Waals surface area contributed by atoms with E-state index in [2.05, 4.69) is 4.90 Å². The van der Waals surface area contributed by atoms with Gasteiger partial charge in [0.2, 0.25) is 0 Å². The number of aliphatic carboxylic acids is 1. The lowest BCUT2D eigenvalue weighted by molar-refractivity contribution is -0.131. The molecule has 4 aliphatic rings. The predicted molar refractivity (Wildman–Crippen MR) is 74.9 cm³/mol. The monoisotopic (exact) mass is 263 g/mol. The number of rotatable bonds is 4. The minimum atomic E-state index is -0.771. The maximum atomic E-state index is 11.2. The summed E-state index contributed by atoms with van der Waals surface area (Å²) in [5, 5.41) is 9.20. The van der Waals surface area contributed by atoms with Crippen LogP contribution < -0.4 is 0 Å². The Morgan fingerprint density at radius 3 is 2.00 bits per heavy atom. The molecule has 0 saturated heterocycles. The quantitative estimate of drug-likeness (QED) is 0.793. The second-order valence-electron chi connectivity index (χ2n) is 7.44. The normalized spacial score (nSPS) is 41.0. The Morgan fingerprint density at radius 2 is 1.63 bits per heavy atom. The first-order valence-corrected chi connectivity index (χ1v) is 7.55. The Hall–Kier alpha value is -0.830. The number of hydrogen-bond donors (Lipinski definition) is 1. The SMILES string of the molecule is CN(C)C/C(=C/C(=O)O)C12CC3CC(CC(C3)C1)C2. The smallest absolute Gasteiger partial charge is 0.328 e. The summed E-state index contributed by atoms with van der Waals surface area (Å²) in [5.74, 6) is 1.83. The van der Waals surface area contributed by atoms with Crippen LogP contribution in [0.2, 0.25) is 0 Å². The van der Waals surface area contributed by atoms with Crippen molar-refractivity contribution >= 4 is 5.97 Å². The van der Waals surface area contributed by atoms with Crippen LogP contribution in [-0.4, -0.2) is 36.6 Å². The highest BCUT2D eigenvalue weighted by atomic mass is 16.4. The van der Waals surface area contributed by atoms with Gasteiger partial charge in [-0.1, -0.05) is 0 Å². The Morgan fingerprint density at radius 1 is 1.16 bits per heavy atom. The third-order valence-corrected chi connectivity index (χ3v) is 5.50. The minimum Gasteiger partial charge on any atom is -0.478 e. The predicted octanol–water partition coefficient (Wildman–Crippen LogP) is 2.78. The van der Waals surface area contributed by atoms with Crippen LogP contribution in [0, 0.1) is 23.2 Å². The molecule has 0 amide bonds. The number of hydrogen-bond acceptors (Lipinski definition) is 2. The molecule has 19 heavy (non-hydrogen) atoms. The first-order valence-electron chi connectivity index (χ1n) is 7.55. The third-order valence-electron chi connectivity index (χ3n) is 5.50. The van der Waals surface area contributed by atoms with Gasteiger partial charge in [-0.25, -0.2) is 4.79 Å². The van der Waals surface area contributed by atoms with Crippen LogP contribution in [0.3, 0.4) is 0 Å². The van der Waals surface area contributed by atoms with Gasteiger partial charge in [-0.15, -0.1) is 0 Å². The van der Waals surface area contributed by atoms with E-state index in [0.717, 1.165) is 24.3 Å². The van der Waals surface area contributed by atoms with E-state index >= 15 is 0 Å². The van der Waals surface area contributed by atoms with Gasteiger partial charge in [0.05, 0.1) is 0 Å². The molecular formula is C16H25NO2. The number of likely N-dealkylation sites (N-methyl/N-ethyl adjacent to an activating group) is 1. The van der Waals surface area contributed by atoms with Crippen molar-refractivity contribution in [2.24, 2.45) is 23.2 Å². The molecule has 4 bridgehead atoms. The van der Waals surface area contributed by atoms with Gasteiger partial charge in [-0.3, -0.25) is 0 Å². The van der Waals surface area contributed by atoms with Crippen molar-refractivity contribution in [2.75, 3.05) is 20.6 Å². The molecule has 3 nitrogen and oxygen atoms in total. The molecule has 0 radical (unpaired) electrons. The van der Waals surface area contributed by atoms with E-state index in [1.807, 2.05) is 14.1 Å². The lowest BCUT2D eigenvalue weighted by atomic mass is 9.47. The zero-order valence-electron chi connectivity index (χ0n) is 12.1. The topological polar surface area (TPSA) is 40.5 Å². The van der Waals surface area contributed by atoms with Crippen molar-refractivity contribution in [2.45, 2.75) is 38.5 Å². The van der Waals surface area contributed by atoms with Crippen molar-refractivity contribution in [3.05, 3.63) is 11.6 Å². The van der Waals surface area contributed by atoms with Gasteiger partial charge in [-0.2, -0.15) is 0 Å². The van der Waals surface area contributed by atoms with Crippen LogP contribution in [0.15, 0.2) is 11.6 Å². The summed E-state index contributed by atoms with van der Waals surface area (Å²) in [6.45, 7) is 0.804. The Balaban J connectivity index is 1.90. The second kappa shape index (κ2) is 4.62. The average molecular weight is 263 g/mol. The van der Waals surface area contributed by atoms with E-state index in [4.69, 9.17) is 0 Å². The fourth-order valence-corrected chi connectivity index (χ4v) is 5.36. The highest BCUT2D eigenvalue weighted by Gasteiger charge is 2.52. The van der Waals surface area contributed by atoms with Crippen molar-refractivity contribution in [1.29, 1.82) is 0 Å². The van der Waals surface area contributed by atoms with Crippen LogP contribution >= 0.6 is 0 Å². The second-order valence-corrected chi connectivity index (χ2v) is 7.44. The molecule has 0 atom stereocenters. The maximum absolute atomic E-state index is 11.2. The summed E-state index contributed by atoms with van der Waals surface area (Å²) in [6, 6.07) is 0. The number of carbonyl (C=O) groups is 1. The Labute approximate surface area is 115 Å². The fourth-order valence-electron chi connectivity index (χ4n) is 5.36. The van der Waals surface area contributed by atoms with E-state index in [0.29, 0.717) is 0 Å². The van der Waals surface area contributed by atoms with Gasteiger partial charge in [0.15, 0.2) is 0 Å². The fraction of sp³-hybridized carbons (Fsp3) is 0.812. The Kier molecular flexibility index (Phi) is 3.20. The molecule has 3 heteroatoms. The van der Waals surface area contributed by atoms with Gasteiger partial charge in [0.1, 0.15) is 0 Å². The summed E-state index contributed by atoms with van der Waals surface area (Å²) in [6.07, 6.45) is 9.46. The first-order chi connectivity index (χ1) is 8.97. The Bertz CT molecular complexity index is 376. The molecule has 0 aromatic heterocycles. The van der Waals surface area contributed by atoms with Crippen LogP contribution in [0.1, 0.15) is 38.5 Å². The molecule has 0 spiro atoms. The number of nitrogens with zero attached hydrogens (tertiary/aromatic N) is 1. The maximum Gasteiger partial charge on any atom is 0.328 e. The van der Waals surface area contributed by atoms with E-state index in [1.54, 1.807) is 0 Å². The lowest BCUT2D eigenvalue weighted by Gasteiger charge is -2.58. The summed E-state index contributed by atoms with van der Waals surface area (Å²) in [5.41, 5.74) is 1.40. The van der Waals surface area contributed by atoms with Crippen molar-refractivity contribution in [3.8, 4) is 0 Å². The highest BCUT2D eigenvalue weighted by molar-refractivity contribution is 5.81. The zero-order chi connectivity index (χ0) is 13.6. The molecule has 0 heterocycles. The third kappa shape index (κ3) is 2.45. The van der Waals surface area contributed by atoms with Gasteiger partial charge in [0, 0.05) is 12.6 Å². The van der Waals surface area contributed by atoms with Gasteiger partial charge < -0.3 is 10.0 Å². The molecule has 4 fully saturated rings. The van der Waals surface area contributed by atoms with Crippen LogP contribution in [0.5, 0.6) is 0 Å².